The lowest BCUT2D eigenvalue weighted by atomic mass is 10.1. The lowest BCUT2D eigenvalue weighted by molar-refractivity contribution is 0.407. The fourth-order valence-electron chi connectivity index (χ4n) is 1.93. The van der Waals surface area contributed by atoms with Crippen LogP contribution in [-0.4, -0.2) is 36.5 Å². The van der Waals surface area contributed by atoms with Gasteiger partial charge in [-0.15, -0.1) is 0 Å². The van der Waals surface area contributed by atoms with Crippen LogP contribution in [0, 0.1) is 0 Å². The summed E-state index contributed by atoms with van der Waals surface area (Å²) in [6, 6.07) is 3.00. The molecule has 0 aliphatic rings. The Morgan fingerprint density at radius 2 is 1.74 bits per heavy atom. The number of hydrogen-bond acceptors (Lipinski definition) is 4. The molecule has 0 saturated heterocycles. The molecule has 1 unspecified atom stereocenters. The molecule has 0 aromatic carbocycles. The molecule has 1 heterocycles. The minimum Gasteiger partial charge on any atom is -0.323 e. The quantitative estimate of drug-likeness (QED) is 0.786. The smallest absolute Gasteiger partial charge is 0.215 e. The molecule has 1 aromatic heterocycles. The molecule has 0 aliphatic carbocycles. The fourth-order valence-corrected chi connectivity index (χ4v) is 3.71. The molecular formula is C13H23N3O2S. The Balaban J connectivity index is 2.77. The summed E-state index contributed by atoms with van der Waals surface area (Å²) in [6.45, 7) is 5.06. The van der Waals surface area contributed by atoms with E-state index in [0.717, 1.165) is 18.4 Å². The van der Waals surface area contributed by atoms with Crippen LogP contribution in [-0.2, 0) is 10.0 Å². The predicted octanol–water partition coefficient (Wildman–Crippen LogP) is 1.53. The molecule has 0 saturated carbocycles. The number of sulfonamides is 1. The van der Waals surface area contributed by atoms with Crippen molar-refractivity contribution in [1.29, 1.82) is 0 Å². The van der Waals surface area contributed by atoms with Gasteiger partial charge in [0.05, 0.1) is 5.75 Å². The van der Waals surface area contributed by atoms with Crippen LogP contribution in [0.1, 0.15) is 38.3 Å². The molecule has 0 radical (unpaired) electrons. The van der Waals surface area contributed by atoms with Crippen molar-refractivity contribution in [3.63, 3.8) is 0 Å². The minimum atomic E-state index is -3.31. The fraction of sp³-hybridized carbons (Fsp3) is 0.615. The Kier molecular flexibility index (Phi) is 6.41. The Bertz CT molecular complexity index is 456. The third kappa shape index (κ3) is 4.89. The SMILES string of the molecule is CCCN(CCC)S(=O)(=O)CC(N)c1ccncc1. The summed E-state index contributed by atoms with van der Waals surface area (Å²) in [5.74, 6) is -0.0585. The van der Waals surface area contributed by atoms with Gasteiger partial charge in [0, 0.05) is 31.5 Å². The second-order valence-corrected chi connectivity index (χ2v) is 6.58. The van der Waals surface area contributed by atoms with E-state index in [-0.39, 0.29) is 5.75 Å². The summed E-state index contributed by atoms with van der Waals surface area (Å²) >= 11 is 0. The first-order valence-electron chi connectivity index (χ1n) is 6.64. The molecule has 0 spiro atoms. The van der Waals surface area contributed by atoms with Crippen LogP contribution >= 0.6 is 0 Å². The molecule has 108 valence electrons. The number of hydrogen-bond donors (Lipinski definition) is 1. The maximum Gasteiger partial charge on any atom is 0.215 e. The summed E-state index contributed by atoms with van der Waals surface area (Å²) in [5.41, 5.74) is 6.78. The molecule has 0 aliphatic heterocycles. The van der Waals surface area contributed by atoms with Crippen LogP contribution in [0.3, 0.4) is 0 Å². The normalized spacial score (nSPS) is 13.7. The highest BCUT2D eigenvalue weighted by atomic mass is 32.2. The van der Waals surface area contributed by atoms with E-state index < -0.39 is 16.1 Å². The van der Waals surface area contributed by atoms with Crippen LogP contribution in [0.15, 0.2) is 24.5 Å². The van der Waals surface area contributed by atoms with Gasteiger partial charge in [0.15, 0.2) is 0 Å². The largest absolute Gasteiger partial charge is 0.323 e. The molecule has 1 atom stereocenters. The monoisotopic (exact) mass is 285 g/mol. The standard InChI is InChI=1S/C13H23N3O2S/c1-3-9-16(10-4-2)19(17,18)11-13(14)12-5-7-15-8-6-12/h5-8,13H,3-4,9-11,14H2,1-2H3. The number of pyridine rings is 1. The first-order chi connectivity index (χ1) is 9.01. The highest BCUT2D eigenvalue weighted by molar-refractivity contribution is 7.89. The van der Waals surface area contributed by atoms with Crippen LogP contribution in [0.5, 0.6) is 0 Å². The van der Waals surface area contributed by atoms with E-state index in [4.69, 9.17) is 5.73 Å². The summed E-state index contributed by atoms with van der Waals surface area (Å²) in [5, 5.41) is 0. The summed E-state index contributed by atoms with van der Waals surface area (Å²) in [7, 11) is -3.31. The molecule has 0 amide bonds. The Morgan fingerprint density at radius 3 is 2.21 bits per heavy atom. The second kappa shape index (κ2) is 7.57. The van der Waals surface area contributed by atoms with Gasteiger partial charge in [-0.3, -0.25) is 4.98 Å². The molecular weight excluding hydrogens is 262 g/mol. The van der Waals surface area contributed by atoms with Crippen molar-refractivity contribution >= 4 is 10.0 Å². The Hall–Kier alpha value is -0.980. The average molecular weight is 285 g/mol. The molecule has 19 heavy (non-hydrogen) atoms. The van der Waals surface area contributed by atoms with Crippen molar-refractivity contribution in [2.75, 3.05) is 18.8 Å². The van der Waals surface area contributed by atoms with E-state index >= 15 is 0 Å². The van der Waals surface area contributed by atoms with Gasteiger partial charge in [0.25, 0.3) is 0 Å². The zero-order valence-electron chi connectivity index (χ0n) is 11.6. The molecule has 0 fully saturated rings. The van der Waals surface area contributed by atoms with E-state index in [1.807, 2.05) is 13.8 Å². The van der Waals surface area contributed by atoms with E-state index in [9.17, 15) is 8.42 Å². The van der Waals surface area contributed by atoms with E-state index in [1.54, 1.807) is 24.5 Å². The molecule has 0 bridgehead atoms. The first-order valence-corrected chi connectivity index (χ1v) is 8.25. The highest BCUT2D eigenvalue weighted by Crippen LogP contribution is 2.14. The summed E-state index contributed by atoms with van der Waals surface area (Å²) < 4.78 is 26.2. The van der Waals surface area contributed by atoms with Crippen LogP contribution in [0.4, 0.5) is 0 Å². The molecule has 6 heteroatoms. The van der Waals surface area contributed by atoms with Gasteiger partial charge < -0.3 is 5.73 Å². The average Bonchev–Trinajstić information content (AvgIpc) is 2.39. The van der Waals surface area contributed by atoms with Crippen LogP contribution in [0.25, 0.3) is 0 Å². The summed E-state index contributed by atoms with van der Waals surface area (Å²) in [6.07, 6.45) is 4.86. The minimum absolute atomic E-state index is 0.0585. The molecule has 1 rings (SSSR count). The Labute approximate surface area is 115 Å². The number of nitrogens with two attached hydrogens (primary N) is 1. The van der Waals surface area contributed by atoms with Crippen LogP contribution in [0.2, 0.25) is 0 Å². The topological polar surface area (TPSA) is 76.3 Å². The second-order valence-electron chi connectivity index (χ2n) is 4.56. The van der Waals surface area contributed by atoms with Gasteiger partial charge in [-0.2, -0.15) is 0 Å². The number of rotatable bonds is 8. The van der Waals surface area contributed by atoms with Gasteiger partial charge in [0.1, 0.15) is 0 Å². The predicted molar refractivity (Wildman–Crippen MR) is 77.1 cm³/mol. The van der Waals surface area contributed by atoms with Crippen molar-refractivity contribution in [3.8, 4) is 0 Å². The van der Waals surface area contributed by atoms with E-state index in [1.165, 1.54) is 4.31 Å². The first kappa shape index (κ1) is 16.1. The highest BCUT2D eigenvalue weighted by Gasteiger charge is 2.24. The van der Waals surface area contributed by atoms with Gasteiger partial charge in [-0.05, 0) is 30.5 Å². The Morgan fingerprint density at radius 1 is 1.21 bits per heavy atom. The van der Waals surface area contributed by atoms with Gasteiger partial charge >= 0.3 is 0 Å². The maximum atomic E-state index is 12.3. The van der Waals surface area contributed by atoms with Crippen molar-refractivity contribution in [2.24, 2.45) is 5.73 Å². The van der Waals surface area contributed by atoms with E-state index in [2.05, 4.69) is 4.98 Å². The number of aromatic nitrogens is 1. The molecule has 1 aromatic rings. The van der Waals surface area contributed by atoms with Gasteiger partial charge in [-0.25, -0.2) is 12.7 Å². The van der Waals surface area contributed by atoms with Crippen LogP contribution < -0.4 is 5.73 Å². The van der Waals surface area contributed by atoms with Crippen molar-refractivity contribution in [1.82, 2.24) is 9.29 Å². The third-order valence-corrected chi connectivity index (χ3v) is 4.80. The zero-order valence-corrected chi connectivity index (χ0v) is 12.4. The number of nitrogens with zero attached hydrogens (tertiary/aromatic N) is 2. The molecule has 5 nitrogen and oxygen atoms in total. The summed E-state index contributed by atoms with van der Waals surface area (Å²) in [4.78, 5) is 3.90. The lowest BCUT2D eigenvalue weighted by Crippen LogP contribution is -2.37. The van der Waals surface area contributed by atoms with E-state index in [0.29, 0.717) is 13.1 Å². The maximum absolute atomic E-state index is 12.3. The molecule has 2 N–H and O–H groups in total. The van der Waals surface area contributed by atoms with Gasteiger partial charge in [-0.1, -0.05) is 13.8 Å². The third-order valence-electron chi connectivity index (χ3n) is 2.86. The van der Waals surface area contributed by atoms with Crippen molar-refractivity contribution in [2.45, 2.75) is 32.7 Å². The van der Waals surface area contributed by atoms with Crippen molar-refractivity contribution < 1.29 is 8.42 Å². The van der Waals surface area contributed by atoms with Crippen molar-refractivity contribution in [3.05, 3.63) is 30.1 Å². The zero-order chi connectivity index (χ0) is 14.3. The van der Waals surface area contributed by atoms with Gasteiger partial charge in [0.2, 0.25) is 10.0 Å². The lowest BCUT2D eigenvalue weighted by Gasteiger charge is -2.23.